The molecule has 0 aliphatic carbocycles. The smallest absolute Gasteiger partial charge is 0.251 e. The third-order valence-electron chi connectivity index (χ3n) is 4.49. The highest BCUT2D eigenvalue weighted by atomic mass is 35.5. The maximum Gasteiger partial charge on any atom is 0.251 e. The number of amides is 1. The minimum Gasteiger partial charge on any atom is -0.348 e. The highest BCUT2D eigenvalue weighted by Gasteiger charge is 2.39. The standard InChI is InChI=1S/C15H16ClN3O/c16-14-4-2-11-7-9(5-6-19(11)14)15(20)18-13-8-10-1-3-12(13)17-10/h2,4-7,10,12-13,17H,1,3,8H2,(H,18,20)/t10-,12+,13-/m1/s1. The van der Waals surface area contributed by atoms with E-state index < -0.39 is 0 Å². The molecule has 20 heavy (non-hydrogen) atoms. The van der Waals surface area contributed by atoms with Crippen LogP contribution >= 0.6 is 11.6 Å². The molecular weight excluding hydrogens is 274 g/mol. The van der Waals surface area contributed by atoms with Crippen LogP contribution in [0.1, 0.15) is 29.6 Å². The number of pyridine rings is 1. The zero-order chi connectivity index (χ0) is 13.7. The number of nitrogens with zero attached hydrogens (tertiary/aromatic N) is 1. The molecular formula is C15H16ClN3O. The lowest BCUT2D eigenvalue weighted by molar-refractivity contribution is 0.0931. The van der Waals surface area contributed by atoms with Crippen molar-refractivity contribution >= 4 is 23.0 Å². The van der Waals surface area contributed by atoms with E-state index in [4.69, 9.17) is 11.6 Å². The van der Waals surface area contributed by atoms with Gasteiger partial charge >= 0.3 is 0 Å². The van der Waals surface area contributed by atoms with E-state index in [-0.39, 0.29) is 11.9 Å². The van der Waals surface area contributed by atoms with Crippen molar-refractivity contribution in [1.82, 2.24) is 15.0 Å². The molecule has 2 aromatic heterocycles. The number of hydrogen-bond acceptors (Lipinski definition) is 2. The molecule has 4 rings (SSSR count). The summed E-state index contributed by atoms with van der Waals surface area (Å²) in [6.07, 6.45) is 5.30. The molecule has 2 aromatic rings. The van der Waals surface area contributed by atoms with Crippen molar-refractivity contribution < 1.29 is 4.79 Å². The first-order valence-corrected chi connectivity index (χ1v) is 7.42. The predicted molar refractivity (Wildman–Crippen MR) is 78.2 cm³/mol. The van der Waals surface area contributed by atoms with E-state index >= 15 is 0 Å². The van der Waals surface area contributed by atoms with Crippen molar-refractivity contribution in [2.24, 2.45) is 0 Å². The van der Waals surface area contributed by atoms with Gasteiger partial charge in [0.1, 0.15) is 5.15 Å². The summed E-state index contributed by atoms with van der Waals surface area (Å²) in [6, 6.07) is 8.76. The van der Waals surface area contributed by atoms with Gasteiger partial charge < -0.3 is 15.0 Å². The maximum absolute atomic E-state index is 12.3. The Morgan fingerprint density at radius 3 is 3.00 bits per heavy atom. The largest absolute Gasteiger partial charge is 0.348 e. The summed E-state index contributed by atoms with van der Waals surface area (Å²) < 4.78 is 1.86. The molecule has 0 spiro atoms. The van der Waals surface area contributed by atoms with E-state index in [1.54, 1.807) is 0 Å². The maximum atomic E-state index is 12.3. The van der Waals surface area contributed by atoms with Crippen LogP contribution in [0.5, 0.6) is 0 Å². The molecule has 104 valence electrons. The molecule has 2 N–H and O–H groups in total. The molecule has 2 fully saturated rings. The van der Waals surface area contributed by atoms with Crippen molar-refractivity contribution in [3.63, 3.8) is 0 Å². The molecule has 0 radical (unpaired) electrons. The molecule has 2 aliphatic heterocycles. The van der Waals surface area contributed by atoms with E-state index in [2.05, 4.69) is 10.6 Å². The number of hydrogen-bond donors (Lipinski definition) is 2. The summed E-state index contributed by atoms with van der Waals surface area (Å²) in [7, 11) is 0. The number of rotatable bonds is 2. The van der Waals surface area contributed by atoms with E-state index in [0.29, 0.717) is 22.8 Å². The Kier molecular flexibility index (Phi) is 2.75. The van der Waals surface area contributed by atoms with Gasteiger partial charge in [0.2, 0.25) is 0 Å². The van der Waals surface area contributed by atoms with Gasteiger partial charge in [-0.05, 0) is 43.5 Å². The first kappa shape index (κ1) is 12.2. The molecule has 2 saturated heterocycles. The van der Waals surface area contributed by atoms with E-state index in [0.717, 1.165) is 11.9 Å². The van der Waals surface area contributed by atoms with Crippen molar-refractivity contribution in [3.8, 4) is 0 Å². The molecule has 0 unspecified atom stereocenters. The molecule has 1 amide bonds. The highest BCUT2D eigenvalue weighted by molar-refractivity contribution is 6.30. The minimum atomic E-state index is 0.00386. The van der Waals surface area contributed by atoms with Gasteiger partial charge in [0.15, 0.2) is 0 Å². The van der Waals surface area contributed by atoms with Crippen LogP contribution in [-0.4, -0.2) is 28.4 Å². The molecule has 0 aromatic carbocycles. The van der Waals surface area contributed by atoms with Gasteiger partial charge in [-0.15, -0.1) is 0 Å². The average Bonchev–Trinajstić information content (AvgIpc) is 3.14. The van der Waals surface area contributed by atoms with Crippen molar-refractivity contribution in [2.45, 2.75) is 37.4 Å². The fourth-order valence-corrected chi connectivity index (χ4v) is 3.67. The quantitative estimate of drug-likeness (QED) is 0.890. The van der Waals surface area contributed by atoms with Gasteiger partial charge in [-0.25, -0.2) is 0 Å². The van der Waals surface area contributed by atoms with Gasteiger partial charge in [0.05, 0.1) is 0 Å². The van der Waals surface area contributed by atoms with E-state index in [1.165, 1.54) is 12.8 Å². The molecule has 2 aliphatic rings. The Bertz CT molecular complexity index is 681. The SMILES string of the molecule is O=C(N[C@@H]1C[C@H]2CC[C@@H]1N2)c1ccn2c(Cl)ccc2c1. The van der Waals surface area contributed by atoms with Gasteiger partial charge in [-0.2, -0.15) is 0 Å². The monoisotopic (exact) mass is 289 g/mol. The first-order valence-electron chi connectivity index (χ1n) is 7.04. The van der Waals surface area contributed by atoms with E-state index in [9.17, 15) is 4.79 Å². The van der Waals surface area contributed by atoms with Crippen LogP contribution in [0.4, 0.5) is 0 Å². The zero-order valence-corrected chi connectivity index (χ0v) is 11.7. The minimum absolute atomic E-state index is 0.00386. The van der Waals surface area contributed by atoms with E-state index in [1.807, 2.05) is 34.9 Å². The van der Waals surface area contributed by atoms with Crippen LogP contribution in [0, 0.1) is 0 Å². The molecule has 5 heteroatoms. The Balaban J connectivity index is 1.54. The third kappa shape index (κ3) is 1.91. The van der Waals surface area contributed by atoms with Crippen molar-refractivity contribution in [3.05, 3.63) is 41.2 Å². The van der Waals surface area contributed by atoms with Gasteiger partial charge in [-0.1, -0.05) is 11.6 Å². The summed E-state index contributed by atoms with van der Waals surface area (Å²) in [5.41, 5.74) is 1.63. The van der Waals surface area contributed by atoms with Crippen molar-refractivity contribution in [2.75, 3.05) is 0 Å². The van der Waals surface area contributed by atoms with Gasteiger partial charge in [0, 0.05) is 35.4 Å². The number of carbonyl (C=O) groups is 1. The number of halogens is 1. The fourth-order valence-electron chi connectivity index (χ4n) is 3.45. The first-order chi connectivity index (χ1) is 9.70. The second-order valence-corrected chi connectivity index (χ2v) is 6.12. The Labute approximate surface area is 122 Å². The lowest BCUT2D eigenvalue weighted by atomic mass is 9.95. The fraction of sp³-hybridized carbons (Fsp3) is 0.400. The summed E-state index contributed by atoms with van der Waals surface area (Å²) in [5, 5.41) is 7.34. The summed E-state index contributed by atoms with van der Waals surface area (Å²) in [6.45, 7) is 0. The average molecular weight is 290 g/mol. The molecule has 4 nitrogen and oxygen atoms in total. The molecule has 2 bridgehead atoms. The highest BCUT2D eigenvalue weighted by Crippen LogP contribution is 2.28. The second-order valence-electron chi connectivity index (χ2n) is 5.73. The predicted octanol–water partition coefficient (Wildman–Crippen LogP) is 2.22. The Morgan fingerprint density at radius 2 is 2.25 bits per heavy atom. The number of aromatic nitrogens is 1. The zero-order valence-electron chi connectivity index (χ0n) is 11.0. The third-order valence-corrected chi connectivity index (χ3v) is 4.79. The molecule has 3 atom stereocenters. The van der Waals surface area contributed by atoms with Crippen LogP contribution in [0.15, 0.2) is 30.5 Å². The summed E-state index contributed by atoms with van der Waals surface area (Å²) in [4.78, 5) is 12.3. The van der Waals surface area contributed by atoms with Crippen LogP contribution < -0.4 is 10.6 Å². The summed E-state index contributed by atoms with van der Waals surface area (Å²) >= 11 is 6.04. The van der Waals surface area contributed by atoms with Crippen molar-refractivity contribution in [1.29, 1.82) is 0 Å². The van der Waals surface area contributed by atoms with Crippen LogP contribution in [0.3, 0.4) is 0 Å². The van der Waals surface area contributed by atoms with Gasteiger partial charge in [-0.3, -0.25) is 4.79 Å². The van der Waals surface area contributed by atoms with Gasteiger partial charge in [0.25, 0.3) is 5.91 Å². The number of nitrogens with one attached hydrogen (secondary N) is 2. The van der Waals surface area contributed by atoms with Crippen LogP contribution in [0.2, 0.25) is 5.15 Å². The normalized spacial score (nSPS) is 28.1. The van der Waals surface area contributed by atoms with Crippen LogP contribution in [0.25, 0.3) is 5.52 Å². The number of carbonyl (C=O) groups excluding carboxylic acids is 1. The van der Waals surface area contributed by atoms with Crippen LogP contribution in [-0.2, 0) is 0 Å². The lowest BCUT2D eigenvalue weighted by Gasteiger charge is -2.21. The molecule has 0 saturated carbocycles. The lowest BCUT2D eigenvalue weighted by Crippen LogP contribution is -2.42. The topological polar surface area (TPSA) is 45.5 Å². The number of fused-ring (bicyclic) bond motifs is 3. The second kappa shape index (κ2) is 4.50. The summed E-state index contributed by atoms with van der Waals surface area (Å²) in [5.74, 6) is 0.00386. The Morgan fingerprint density at radius 1 is 1.35 bits per heavy atom. The molecule has 4 heterocycles. The Hall–Kier alpha value is -1.52.